The maximum Gasteiger partial charge on any atom is 0.286 e. The first-order valence-corrected chi connectivity index (χ1v) is 7.16. The van der Waals surface area contributed by atoms with E-state index in [0.29, 0.717) is 32.5 Å². The molecule has 0 saturated heterocycles. The van der Waals surface area contributed by atoms with Gasteiger partial charge in [0.1, 0.15) is 6.61 Å². The lowest BCUT2D eigenvalue weighted by Crippen LogP contribution is -2.24. The van der Waals surface area contributed by atoms with Crippen molar-refractivity contribution in [2.24, 2.45) is 10.9 Å². The minimum absolute atomic E-state index is 0.0276. The Morgan fingerprint density at radius 2 is 2.19 bits per heavy atom. The molecule has 0 aliphatic rings. The predicted octanol–water partition coefficient (Wildman–Crippen LogP) is 2.08. The van der Waals surface area contributed by atoms with Gasteiger partial charge in [-0.05, 0) is 38.0 Å². The molecule has 0 spiro atoms. The van der Waals surface area contributed by atoms with Gasteiger partial charge < -0.3 is 10.1 Å². The monoisotopic (exact) mass is 293 g/mol. The van der Waals surface area contributed by atoms with Crippen LogP contribution in [-0.2, 0) is 14.3 Å². The van der Waals surface area contributed by atoms with Gasteiger partial charge in [-0.2, -0.15) is 5.26 Å². The van der Waals surface area contributed by atoms with Crippen molar-refractivity contribution in [2.45, 2.75) is 38.5 Å². The SMILES string of the molecule is C=CCCC(=O)NCCCC(CCCOC#N)CN=C=O. The zero-order valence-corrected chi connectivity index (χ0v) is 12.3. The molecule has 6 nitrogen and oxygen atoms in total. The van der Waals surface area contributed by atoms with Crippen molar-refractivity contribution >= 4 is 12.0 Å². The van der Waals surface area contributed by atoms with E-state index >= 15 is 0 Å². The van der Waals surface area contributed by atoms with Gasteiger partial charge in [0.05, 0.1) is 6.54 Å². The summed E-state index contributed by atoms with van der Waals surface area (Å²) in [6, 6.07) is 0. The molecule has 0 aromatic carbocycles. The molecule has 0 bridgehead atoms. The summed E-state index contributed by atoms with van der Waals surface area (Å²) >= 11 is 0. The van der Waals surface area contributed by atoms with E-state index in [9.17, 15) is 9.59 Å². The Hall–Kier alpha value is -2.12. The Kier molecular flexibility index (Phi) is 12.8. The number of carbonyl (C=O) groups excluding carboxylic acids is 2. The molecule has 0 rings (SSSR count). The molecule has 1 unspecified atom stereocenters. The van der Waals surface area contributed by atoms with Gasteiger partial charge in [0, 0.05) is 13.0 Å². The molecule has 0 heterocycles. The number of isocyanates is 1. The third-order valence-corrected chi connectivity index (χ3v) is 3.02. The van der Waals surface area contributed by atoms with Crippen molar-refractivity contribution in [3.63, 3.8) is 0 Å². The summed E-state index contributed by atoms with van der Waals surface area (Å²) in [5.74, 6) is 0.276. The van der Waals surface area contributed by atoms with Crippen molar-refractivity contribution in [3.05, 3.63) is 12.7 Å². The van der Waals surface area contributed by atoms with Crippen LogP contribution < -0.4 is 5.32 Å². The summed E-state index contributed by atoms with van der Waals surface area (Å²) in [6.07, 6.45) is 9.31. The van der Waals surface area contributed by atoms with Crippen LogP contribution in [0.5, 0.6) is 0 Å². The smallest absolute Gasteiger partial charge is 0.286 e. The molecule has 0 aromatic rings. The highest BCUT2D eigenvalue weighted by molar-refractivity contribution is 5.75. The molecule has 0 radical (unpaired) electrons. The highest BCUT2D eigenvalue weighted by Crippen LogP contribution is 2.14. The van der Waals surface area contributed by atoms with Crippen LogP contribution in [0.3, 0.4) is 0 Å². The lowest BCUT2D eigenvalue weighted by atomic mass is 9.98. The Morgan fingerprint density at radius 3 is 2.86 bits per heavy atom. The van der Waals surface area contributed by atoms with Gasteiger partial charge >= 0.3 is 0 Å². The average Bonchev–Trinajstić information content (AvgIpc) is 2.50. The van der Waals surface area contributed by atoms with E-state index < -0.39 is 0 Å². The van der Waals surface area contributed by atoms with Gasteiger partial charge in [-0.1, -0.05) is 6.08 Å². The largest absolute Gasteiger partial charge is 0.428 e. The molecule has 116 valence electrons. The third kappa shape index (κ3) is 12.6. The topological polar surface area (TPSA) is 91.5 Å². The Morgan fingerprint density at radius 1 is 1.43 bits per heavy atom. The highest BCUT2D eigenvalue weighted by atomic mass is 16.5. The zero-order chi connectivity index (χ0) is 15.8. The predicted molar refractivity (Wildman–Crippen MR) is 79.0 cm³/mol. The van der Waals surface area contributed by atoms with Crippen molar-refractivity contribution < 1.29 is 14.3 Å². The molecule has 1 amide bonds. The molecule has 21 heavy (non-hydrogen) atoms. The molecule has 6 heteroatoms. The molecule has 0 aromatic heterocycles. The normalized spacial score (nSPS) is 10.8. The highest BCUT2D eigenvalue weighted by Gasteiger charge is 2.08. The molecule has 0 fully saturated rings. The average molecular weight is 293 g/mol. The molecule has 1 atom stereocenters. The van der Waals surface area contributed by atoms with Crippen molar-refractivity contribution in [3.8, 4) is 6.26 Å². The van der Waals surface area contributed by atoms with Crippen LogP contribution in [0, 0.1) is 17.4 Å². The summed E-state index contributed by atoms with van der Waals surface area (Å²) in [6.45, 7) is 5.00. The van der Waals surface area contributed by atoms with Crippen LogP contribution in [-0.4, -0.2) is 31.7 Å². The maximum atomic E-state index is 11.4. The summed E-state index contributed by atoms with van der Waals surface area (Å²) in [5, 5.41) is 11.1. The van der Waals surface area contributed by atoms with Crippen LogP contribution in [0.25, 0.3) is 0 Å². The number of rotatable bonds is 13. The van der Waals surface area contributed by atoms with E-state index in [-0.39, 0.29) is 11.8 Å². The number of nitriles is 1. The van der Waals surface area contributed by atoms with Gasteiger partial charge in [0.15, 0.2) is 0 Å². The van der Waals surface area contributed by atoms with E-state index in [1.807, 2.05) is 0 Å². The summed E-state index contributed by atoms with van der Waals surface area (Å²) in [5.41, 5.74) is 0. The second kappa shape index (κ2) is 14.3. The quantitative estimate of drug-likeness (QED) is 0.185. The first-order chi connectivity index (χ1) is 10.2. The molecule has 0 saturated carbocycles. The standard InChI is InChI=1S/C15H23N3O3/c1-2-3-8-15(20)18-9-4-6-14(11-17-13-19)7-5-10-21-12-16/h2,14H,1,3-11H2,(H,18,20). The van der Waals surface area contributed by atoms with E-state index in [2.05, 4.69) is 21.6 Å². The Balaban J connectivity index is 3.83. The fraction of sp³-hybridized carbons (Fsp3) is 0.667. The van der Waals surface area contributed by atoms with Gasteiger partial charge in [-0.25, -0.2) is 9.79 Å². The van der Waals surface area contributed by atoms with Crippen molar-refractivity contribution in [1.82, 2.24) is 5.32 Å². The molecular formula is C15H23N3O3. The molecular weight excluding hydrogens is 270 g/mol. The number of nitrogens with one attached hydrogen (secondary N) is 1. The number of nitrogens with zero attached hydrogens (tertiary/aromatic N) is 2. The first kappa shape index (κ1) is 18.9. The number of amides is 1. The number of hydrogen-bond donors (Lipinski definition) is 1. The lowest BCUT2D eigenvalue weighted by Gasteiger charge is -2.13. The van der Waals surface area contributed by atoms with Gasteiger partial charge in [0.2, 0.25) is 12.0 Å². The number of allylic oxidation sites excluding steroid dienone is 1. The summed E-state index contributed by atoms with van der Waals surface area (Å²) in [7, 11) is 0. The molecule has 0 aliphatic carbocycles. The van der Waals surface area contributed by atoms with Gasteiger partial charge in [0.25, 0.3) is 6.26 Å². The number of ether oxygens (including phenoxy) is 1. The van der Waals surface area contributed by atoms with E-state index in [1.165, 1.54) is 0 Å². The minimum atomic E-state index is 0.0276. The summed E-state index contributed by atoms with van der Waals surface area (Å²) in [4.78, 5) is 25.2. The van der Waals surface area contributed by atoms with Crippen LogP contribution in [0.1, 0.15) is 38.5 Å². The zero-order valence-electron chi connectivity index (χ0n) is 12.3. The van der Waals surface area contributed by atoms with Gasteiger partial charge in [-0.3, -0.25) is 4.79 Å². The van der Waals surface area contributed by atoms with Gasteiger partial charge in [-0.15, -0.1) is 6.58 Å². The summed E-state index contributed by atoms with van der Waals surface area (Å²) < 4.78 is 4.62. The van der Waals surface area contributed by atoms with E-state index in [4.69, 9.17) is 5.26 Å². The van der Waals surface area contributed by atoms with E-state index in [0.717, 1.165) is 25.7 Å². The second-order valence-electron chi connectivity index (χ2n) is 4.70. The number of hydrogen-bond acceptors (Lipinski definition) is 5. The number of carbonyl (C=O) groups is 1. The van der Waals surface area contributed by atoms with Crippen LogP contribution in [0.2, 0.25) is 0 Å². The van der Waals surface area contributed by atoms with Crippen LogP contribution in [0.15, 0.2) is 17.6 Å². The minimum Gasteiger partial charge on any atom is -0.428 e. The van der Waals surface area contributed by atoms with E-state index in [1.54, 1.807) is 18.4 Å². The molecule has 1 N–H and O–H groups in total. The second-order valence-corrected chi connectivity index (χ2v) is 4.70. The fourth-order valence-electron chi connectivity index (χ4n) is 1.92. The maximum absolute atomic E-state index is 11.4. The Bertz CT molecular complexity index is 384. The lowest BCUT2D eigenvalue weighted by molar-refractivity contribution is -0.121. The third-order valence-electron chi connectivity index (χ3n) is 3.02. The Labute approximate surface area is 125 Å². The van der Waals surface area contributed by atoms with Crippen molar-refractivity contribution in [1.29, 1.82) is 5.26 Å². The van der Waals surface area contributed by atoms with Crippen molar-refractivity contribution in [2.75, 3.05) is 19.7 Å². The molecule has 0 aliphatic heterocycles. The number of aliphatic imine (C=N–C) groups is 1. The fourth-order valence-corrected chi connectivity index (χ4v) is 1.92. The van der Waals surface area contributed by atoms with Crippen LogP contribution in [0.4, 0.5) is 0 Å². The first-order valence-electron chi connectivity index (χ1n) is 7.16. The van der Waals surface area contributed by atoms with Crippen LogP contribution >= 0.6 is 0 Å².